The topological polar surface area (TPSA) is 61.4 Å². The Hall–Kier alpha value is -0.160. The Morgan fingerprint density at radius 3 is 2.62 bits per heavy atom. The van der Waals surface area contributed by atoms with Gasteiger partial charge in [-0.15, -0.1) is 24.0 Å². The minimum Gasteiger partial charge on any atom is -0.379 e. The third kappa shape index (κ3) is 5.96. The number of guanidine groups is 1. The first-order valence-corrected chi connectivity index (χ1v) is 11.4. The fraction of sp³-hybridized carbons (Fsp3) is 0.952. The van der Waals surface area contributed by atoms with Gasteiger partial charge in [-0.25, -0.2) is 0 Å². The zero-order valence-corrected chi connectivity index (χ0v) is 20.4. The molecule has 3 saturated heterocycles. The van der Waals surface area contributed by atoms with Crippen molar-refractivity contribution in [2.24, 2.45) is 4.99 Å². The van der Waals surface area contributed by atoms with E-state index in [9.17, 15) is 0 Å². The molecule has 2 N–H and O–H groups in total. The Labute approximate surface area is 193 Å². The first-order valence-electron chi connectivity index (χ1n) is 11.4. The molecule has 7 nitrogen and oxygen atoms in total. The van der Waals surface area contributed by atoms with E-state index in [2.05, 4.69) is 25.4 Å². The molecule has 4 aliphatic rings. The molecule has 0 spiro atoms. The highest BCUT2D eigenvalue weighted by Gasteiger charge is 2.38. The van der Waals surface area contributed by atoms with Crippen molar-refractivity contribution in [3.8, 4) is 0 Å². The maximum Gasteiger partial charge on any atom is 0.191 e. The average Bonchev–Trinajstić information content (AvgIpc) is 3.23. The number of morpholine rings is 2. The highest BCUT2D eigenvalue weighted by atomic mass is 127. The number of nitrogens with zero attached hydrogens (tertiary/aromatic N) is 3. The first kappa shape index (κ1) is 23.5. The van der Waals surface area contributed by atoms with Gasteiger partial charge in [-0.05, 0) is 32.2 Å². The summed E-state index contributed by atoms with van der Waals surface area (Å²) in [5.41, 5.74) is 0.254. The quantitative estimate of drug-likeness (QED) is 0.326. The number of hydrogen-bond acceptors (Lipinski definition) is 5. The summed E-state index contributed by atoms with van der Waals surface area (Å²) in [5.74, 6) is 0.908. The molecule has 2 atom stereocenters. The van der Waals surface area contributed by atoms with E-state index in [4.69, 9.17) is 9.47 Å². The Morgan fingerprint density at radius 2 is 1.86 bits per heavy atom. The Balaban J connectivity index is 0.00000240. The molecule has 168 valence electrons. The van der Waals surface area contributed by atoms with Gasteiger partial charge < -0.3 is 20.1 Å². The summed E-state index contributed by atoms with van der Waals surface area (Å²) < 4.78 is 11.7. The molecule has 0 aromatic rings. The number of halogens is 1. The second-order valence-electron chi connectivity index (χ2n) is 8.94. The van der Waals surface area contributed by atoms with Gasteiger partial charge in [0.05, 0.1) is 25.9 Å². The molecule has 3 aliphatic heterocycles. The number of nitrogens with one attached hydrogen (secondary N) is 2. The van der Waals surface area contributed by atoms with Gasteiger partial charge in [0.1, 0.15) is 0 Å². The third-order valence-electron chi connectivity index (χ3n) is 7.23. The minimum atomic E-state index is 0. The molecule has 1 aliphatic carbocycles. The molecule has 0 bridgehead atoms. The summed E-state index contributed by atoms with van der Waals surface area (Å²) in [6.45, 7) is 8.81. The van der Waals surface area contributed by atoms with Crippen LogP contribution in [0.1, 0.15) is 44.9 Å². The van der Waals surface area contributed by atoms with Crippen molar-refractivity contribution in [1.82, 2.24) is 20.4 Å². The maximum atomic E-state index is 6.09. The smallest absolute Gasteiger partial charge is 0.191 e. The van der Waals surface area contributed by atoms with Gasteiger partial charge in [0, 0.05) is 51.4 Å². The van der Waals surface area contributed by atoms with Gasteiger partial charge >= 0.3 is 0 Å². The highest BCUT2D eigenvalue weighted by molar-refractivity contribution is 14.0. The van der Waals surface area contributed by atoms with Gasteiger partial charge in [-0.3, -0.25) is 14.8 Å². The Morgan fingerprint density at radius 1 is 1.07 bits per heavy atom. The van der Waals surface area contributed by atoms with Crippen molar-refractivity contribution in [3.05, 3.63) is 0 Å². The fourth-order valence-electron chi connectivity index (χ4n) is 5.54. The van der Waals surface area contributed by atoms with Crippen LogP contribution in [-0.2, 0) is 9.47 Å². The van der Waals surface area contributed by atoms with Crippen LogP contribution in [-0.4, -0.2) is 99.6 Å². The molecule has 1 saturated carbocycles. The lowest BCUT2D eigenvalue weighted by molar-refractivity contribution is -0.0454. The van der Waals surface area contributed by atoms with Crippen LogP contribution in [0.3, 0.4) is 0 Å². The van der Waals surface area contributed by atoms with Crippen LogP contribution >= 0.6 is 24.0 Å². The predicted octanol–water partition coefficient (Wildman–Crippen LogP) is 1.67. The van der Waals surface area contributed by atoms with Crippen LogP contribution in [0.15, 0.2) is 4.99 Å². The van der Waals surface area contributed by atoms with E-state index in [1.807, 2.05) is 7.05 Å². The van der Waals surface area contributed by atoms with Crippen molar-refractivity contribution in [2.45, 2.75) is 62.6 Å². The third-order valence-corrected chi connectivity index (χ3v) is 7.23. The van der Waals surface area contributed by atoms with Crippen LogP contribution in [0.25, 0.3) is 0 Å². The van der Waals surface area contributed by atoms with E-state index >= 15 is 0 Å². The number of aliphatic imine (C=N–C) groups is 1. The van der Waals surface area contributed by atoms with Gasteiger partial charge in [0.2, 0.25) is 0 Å². The fourth-order valence-corrected chi connectivity index (χ4v) is 5.54. The predicted molar refractivity (Wildman–Crippen MR) is 127 cm³/mol. The summed E-state index contributed by atoms with van der Waals surface area (Å²) in [7, 11) is 1.87. The van der Waals surface area contributed by atoms with Crippen LogP contribution < -0.4 is 10.6 Å². The summed E-state index contributed by atoms with van der Waals surface area (Å²) in [4.78, 5) is 9.75. The zero-order valence-electron chi connectivity index (χ0n) is 18.0. The number of ether oxygens (including phenoxy) is 2. The van der Waals surface area contributed by atoms with Crippen LogP contribution in [0.2, 0.25) is 0 Å². The summed E-state index contributed by atoms with van der Waals surface area (Å²) in [6, 6.07) is 0.661. The molecule has 3 heterocycles. The molecular formula is C21H40IN5O2. The maximum absolute atomic E-state index is 6.09. The molecule has 0 amide bonds. The van der Waals surface area contributed by atoms with E-state index in [1.165, 1.54) is 51.5 Å². The van der Waals surface area contributed by atoms with Crippen molar-refractivity contribution in [3.63, 3.8) is 0 Å². The van der Waals surface area contributed by atoms with Gasteiger partial charge in [0.15, 0.2) is 5.96 Å². The van der Waals surface area contributed by atoms with Crippen molar-refractivity contribution in [2.75, 3.05) is 66.1 Å². The minimum absolute atomic E-state index is 0. The van der Waals surface area contributed by atoms with Gasteiger partial charge in [0.25, 0.3) is 0 Å². The van der Waals surface area contributed by atoms with E-state index in [-0.39, 0.29) is 35.6 Å². The van der Waals surface area contributed by atoms with Crippen molar-refractivity contribution < 1.29 is 9.47 Å². The molecular weight excluding hydrogens is 481 g/mol. The molecule has 0 radical (unpaired) electrons. The van der Waals surface area contributed by atoms with E-state index in [0.29, 0.717) is 6.04 Å². The normalized spacial score (nSPS) is 31.0. The standard InChI is InChI=1S/C21H39N5O2.HI/c1-22-20(23-14-19-15-25-9-5-6-18(25)16-28-19)24-17-21(7-3-2-4-8-21)26-10-12-27-13-11-26;/h18-19H,2-17H2,1H3,(H2,22,23,24);1H. The molecule has 29 heavy (non-hydrogen) atoms. The van der Waals surface area contributed by atoms with Crippen LogP contribution in [0.4, 0.5) is 0 Å². The van der Waals surface area contributed by atoms with Crippen molar-refractivity contribution >= 4 is 29.9 Å². The van der Waals surface area contributed by atoms with Crippen molar-refractivity contribution in [1.29, 1.82) is 0 Å². The summed E-state index contributed by atoms with van der Waals surface area (Å²) in [5, 5.41) is 7.17. The SMILES string of the molecule is CN=C(NCC1CN2CCCC2CO1)NCC1(N2CCOCC2)CCCCC1.I. The number of hydrogen-bond donors (Lipinski definition) is 2. The largest absolute Gasteiger partial charge is 0.379 e. The highest BCUT2D eigenvalue weighted by Crippen LogP contribution is 2.33. The Kier molecular flexibility index (Phi) is 9.28. The molecule has 8 heteroatoms. The monoisotopic (exact) mass is 521 g/mol. The second kappa shape index (κ2) is 11.5. The second-order valence-corrected chi connectivity index (χ2v) is 8.94. The van der Waals surface area contributed by atoms with E-state index in [0.717, 1.165) is 58.5 Å². The average molecular weight is 521 g/mol. The molecule has 2 unspecified atom stereocenters. The van der Waals surface area contributed by atoms with Crippen LogP contribution in [0.5, 0.6) is 0 Å². The van der Waals surface area contributed by atoms with E-state index in [1.54, 1.807) is 0 Å². The lowest BCUT2D eigenvalue weighted by Gasteiger charge is -2.48. The van der Waals surface area contributed by atoms with Gasteiger partial charge in [-0.2, -0.15) is 0 Å². The zero-order chi connectivity index (χ0) is 19.2. The molecule has 0 aromatic heterocycles. The van der Waals surface area contributed by atoms with E-state index < -0.39 is 0 Å². The summed E-state index contributed by atoms with van der Waals surface area (Å²) >= 11 is 0. The van der Waals surface area contributed by atoms with Crippen LogP contribution in [0, 0.1) is 0 Å². The Bertz CT molecular complexity index is 523. The first-order chi connectivity index (χ1) is 13.8. The number of rotatable bonds is 5. The molecule has 4 rings (SSSR count). The molecule has 4 fully saturated rings. The summed E-state index contributed by atoms with van der Waals surface area (Å²) in [6.07, 6.45) is 9.47. The number of fused-ring (bicyclic) bond motifs is 1. The molecule has 0 aromatic carbocycles. The lowest BCUT2D eigenvalue weighted by Crippen LogP contribution is -2.61. The van der Waals surface area contributed by atoms with Gasteiger partial charge in [-0.1, -0.05) is 19.3 Å². The lowest BCUT2D eigenvalue weighted by atomic mass is 9.80.